The molecule has 0 unspecified atom stereocenters. The van der Waals surface area contributed by atoms with Crippen molar-refractivity contribution in [1.29, 1.82) is 0 Å². The van der Waals surface area contributed by atoms with Crippen LogP contribution in [0.15, 0.2) is 47.4 Å². The van der Waals surface area contributed by atoms with Gasteiger partial charge < -0.3 is 10.2 Å². The number of carbonyl (C=O) groups excluding carboxylic acids is 1. The summed E-state index contributed by atoms with van der Waals surface area (Å²) in [6, 6.07) is 9.13. The maximum absolute atomic E-state index is 13.2. The van der Waals surface area contributed by atoms with Crippen molar-refractivity contribution in [3.8, 4) is 0 Å². The van der Waals surface area contributed by atoms with Gasteiger partial charge in [-0.15, -0.1) is 0 Å². The molecule has 4 rings (SSSR count). The van der Waals surface area contributed by atoms with Gasteiger partial charge in [-0.25, -0.2) is 14.2 Å². The van der Waals surface area contributed by atoms with Crippen molar-refractivity contribution >= 4 is 23.3 Å². The van der Waals surface area contributed by atoms with Crippen LogP contribution in [0, 0.1) is 5.82 Å². The molecule has 0 saturated carbocycles. The predicted octanol–water partition coefficient (Wildman–Crippen LogP) is 2.75. The molecular weight excluding hydrogens is 371 g/mol. The molecule has 27 heavy (non-hydrogen) atoms. The molecule has 1 aliphatic heterocycles. The van der Waals surface area contributed by atoms with Gasteiger partial charge in [0.25, 0.3) is 5.56 Å². The van der Waals surface area contributed by atoms with Crippen LogP contribution in [0.2, 0.25) is 5.02 Å². The Hall–Kier alpha value is -2.93. The third kappa shape index (κ3) is 3.50. The number of nitrogens with zero attached hydrogens (tertiary/aromatic N) is 3. The monoisotopic (exact) mass is 386 g/mol. The summed E-state index contributed by atoms with van der Waals surface area (Å²) < 4.78 is 14.6. The van der Waals surface area contributed by atoms with E-state index in [9.17, 15) is 14.0 Å². The second-order valence-electron chi connectivity index (χ2n) is 6.38. The molecule has 6 nitrogen and oxygen atoms in total. The number of pyridine rings is 1. The molecule has 1 N–H and O–H groups in total. The Bertz CT molecular complexity index is 1100. The van der Waals surface area contributed by atoms with Gasteiger partial charge in [-0.05, 0) is 29.8 Å². The number of aromatic nitrogens is 2. The minimum absolute atomic E-state index is 0.172. The summed E-state index contributed by atoms with van der Waals surface area (Å²) in [5, 5.41) is 3.20. The maximum Gasteiger partial charge on any atom is 0.317 e. The van der Waals surface area contributed by atoms with Crippen LogP contribution in [0.3, 0.4) is 0 Å². The fourth-order valence-electron chi connectivity index (χ4n) is 3.18. The molecule has 8 heteroatoms. The highest BCUT2D eigenvalue weighted by atomic mass is 35.5. The zero-order valence-corrected chi connectivity index (χ0v) is 15.0. The normalized spacial score (nSPS) is 13.5. The van der Waals surface area contributed by atoms with Gasteiger partial charge in [0.2, 0.25) is 0 Å². The number of amides is 2. The maximum atomic E-state index is 13.2. The minimum Gasteiger partial charge on any atom is -0.334 e. The average molecular weight is 387 g/mol. The highest BCUT2D eigenvalue weighted by Crippen LogP contribution is 2.17. The Morgan fingerprint density at radius 2 is 2.15 bits per heavy atom. The fourth-order valence-corrected chi connectivity index (χ4v) is 3.34. The first-order chi connectivity index (χ1) is 13.0. The van der Waals surface area contributed by atoms with Crippen molar-refractivity contribution in [1.82, 2.24) is 19.6 Å². The Labute approximate surface area is 159 Å². The number of halogens is 2. The standard InChI is InChI=1S/C19H16ClFN4O2/c20-13-4-5-17-23-16-6-7-24(11-15(16)18(26)25(17)10-13)19(27)22-9-12-2-1-3-14(21)8-12/h1-5,8,10H,6-7,9,11H2,(H,22,27). The van der Waals surface area contributed by atoms with Crippen LogP contribution in [0.1, 0.15) is 16.8 Å². The minimum atomic E-state index is -0.349. The van der Waals surface area contributed by atoms with E-state index in [4.69, 9.17) is 11.6 Å². The topological polar surface area (TPSA) is 66.7 Å². The van der Waals surface area contributed by atoms with Crippen molar-refractivity contribution in [2.24, 2.45) is 0 Å². The third-order valence-electron chi connectivity index (χ3n) is 4.55. The Balaban J connectivity index is 1.53. The molecular formula is C19H16ClFN4O2. The summed E-state index contributed by atoms with van der Waals surface area (Å²) in [6.07, 6.45) is 2.02. The van der Waals surface area contributed by atoms with Crippen LogP contribution in [0.25, 0.3) is 5.65 Å². The number of rotatable bonds is 2. The Kier molecular flexibility index (Phi) is 4.53. The quantitative estimate of drug-likeness (QED) is 0.736. The summed E-state index contributed by atoms with van der Waals surface area (Å²) >= 11 is 5.97. The van der Waals surface area contributed by atoms with Gasteiger partial charge in [0.05, 0.1) is 22.8 Å². The van der Waals surface area contributed by atoms with Gasteiger partial charge in [0, 0.05) is 25.7 Å². The lowest BCUT2D eigenvalue weighted by atomic mass is 10.1. The van der Waals surface area contributed by atoms with Gasteiger partial charge in [-0.1, -0.05) is 23.7 Å². The molecule has 2 aromatic heterocycles. The summed E-state index contributed by atoms with van der Waals surface area (Å²) in [6.45, 7) is 0.842. The van der Waals surface area contributed by atoms with Gasteiger partial charge in [-0.2, -0.15) is 0 Å². The Morgan fingerprint density at radius 3 is 2.96 bits per heavy atom. The van der Waals surface area contributed by atoms with Crippen molar-refractivity contribution < 1.29 is 9.18 Å². The van der Waals surface area contributed by atoms with Crippen LogP contribution in [-0.4, -0.2) is 26.9 Å². The molecule has 0 bridgehead atoms. The summed E-state index contributed by atoms with van der Waals surface area (Å²) in [7, 11) is 0. The molecule has 0 atom stereocenters. The molecule has 138 valence electrons. The number of hydrogen-bond acceptors (Lipinski definition) is 3. The number of benzene rings is 1. The van der Waals surface area contributed by atoms with E-state index < -0.39 is 0 Å². The molecule has 0 saturated heterocycles. The van der Waals surface area contributed by atoms with E-state index in [1.807, 2.05) is 0 Å². The van der Waals surface area contributed by atoms with E-state index in [1.54, 1.807) is 29.2 Å². The molecule has 2 amide bonds. The van der Waals surface area contributed by atoms with E-state index in [1.165, 1.54) is 22.7 Å². The van der Waals surface area contributed by atoms with E-state index >= 15 is 0 Å². The van der Waals surface area contributed by atoms with Crippen LogP contribution < -0.4 is 10.9 Å². The van der Waals surface area contributed by atoms with Gasteiger partial charge in [0.15, 0.2) is 0 Å². The first kappa shape index (κ1) is 17.5. The van der Waals surface area contributed by atoms with Crippen molar-refractivity contribution in [2.45, 2.75) is 19.5 Å². The summed E-state index contributed by atoms with van der Waals surface area (Å²) in [5.74, 6) is -0.349. The molecule has 0 fully saturated rings. The Morgan fingerprint density at radius 1 is 1.30 bits per heavy atom. The van der Waals surface area contributed by atoms with E-state index in [2.05, 4.69) is 10.3 Å². The first-order valence-corrected chi connectivity index (χ1v) is 8.86. The van der Waals surface area contributed by atoms with Gasteiger partial charge in [0.1, 0.15) is 11.5 Å². The lowest BCUT2D eigenvalue weighted by Gasteiger charge is -2.28. The average Bonchev–Trinajstić information content (AvgIpc) is 2.67. The smallest absolute Gasteiger partial charge is 0.317 e. The highest BCUT2D eigenvalue weighted by molar-refractivity contribution is 6.30. The highest BCUT2D eigenvalue weighted by Gasteiger charge is 2.24. The predicted molar refractivity (Wildman–Crippen MR) is 99.2 cm³/mol. The second-order valence-corrected chi connectivity index (χ2v) is 6.81. The molecule has 0 spiro atoms. The number of nitrogens with one attached hydrogen (secondary N) is 1. The number of urea groups is 1. The fraction of sp³-hybridized carbons (Fsp3) is 0.211. The number of carbonyl (C=O) groups is 1. The van der Waals surface area contributed by atoms with Crippen LogP contribution >= 0.6 is 11.6 Å². The molecule has 0 aliphatic carbocycles. The SMILES string of the molecule is O=C(NCc1cccc(F)c1)N1CCc2nc3ccc(Cl)cn3c(=O)c2C1. The van der Waals surface area contributed by atoms with Gasteiger partial charge >= 0.3 is 6.03 Å². The largest absolute Gasteiger partial charge is 0.334 e. The third-order valence-corrected chi connectivity index (χ3v) is 4.78. The van der Waals surface area contributed by atoms with E-state index in [-0.39, 0.29) is 30.5 Å². The van der Waals surface area contributed by atoms with Crippen molar-refractivity contribution in [2.75, 3.05) is 6.54 Å². The molecule has 1 aliphatic rings. The van der Waals surface area contributed by atoms with E-state index in [0.717, 1.165) is 0 Å². The molecule has 0 radical (unpaired) electrons. The molecule has 3 aromatic rings. The van der Waals surface area contributed by atoms with Crippen molar-refractivity contribution in [3.63, 3.8) is 0 Å². The summed E-state index contributed by atoms with van der Waals surface area (Å²) in [4.78, 5) is 31.3. The lowest BCUT2D eigenvalue weighted by molar-refractivity contribution is 0.191. The zero-order chi connectivity index (χ0) is 19.0. The first-order valence-electron chi connectivity index (χ1n) is 8.48. The molecule has 1 aromatic carbocycles. The zero-order valence-electron chi connectivity index (χ0n) is 14.3. The second kappa shape index (κ2) is 7.00. The lowest BCUT2D eigenvalue weighted by Crippen LogP contribution is -2.44. The van der Waals surface area contributed by atoms with E-state index in [0.29, 0.717) is 40.5 Å². The summed E-state index contributed by atoms with van der Waals surface area (Å²) in [5.41, 5.74) is 2.17. The number of fused-ring (bicyclic) bond motifs is 2. The van der Waals surface area contributed by atoms with Crippen LogP contribution in [0.5, 0.6) is 0 Å². The molecule has 3 heterocycles. The van der Waals surface area contributed by atoms with Gasteiger partial charge in [-0.3, -0.25) is 9.20 Å². The number of hydrogen-bond donors (Lipinski definition) is 1. The van der Waals surface area contributed by atoms with Crippen LogP contribution in [-0.2, 0) is 19.5 Å². The van der Waals surface area contributed by atoms with Crippen molar-refractivity contribution in [3.05, 3.63) is 80.6 Å². The van der Waals surface area contributed by atoms with Crippen LogP contribution in [0.4, 0.5) is 9.18 Å².